The van der Waals surface area contributed by atoms with Crippen molar-refractivity contribution in [3.05, 3.63) is 35.1 Å². The van der Waals surface area contributed by atoms with Crippen LogP contribution in [-0.2, 0) is 5.75 Å². The summed E-state index contributed by atoms with van der Waals surface area (Å²) in [5.41, 5.74) is 1.20. The molecule has 2 rings (SSSR count). The number of rotatable bonds is 5. The molecule has 1 saturated heterocycles. The van der Waals surface area contributed by atoms with Gasteiger partial charge in [0.05, 0.1) is 0 Å². The molecular weight excluding hydrogens is 275 g/mol. The van der Waals surface area contributed by atoms with Crippen LogP contribution in [0.5, 0.6) is 0 Å². The minimum absolute atomic E-state index is 0.0194. The van der Waals surface area contributed by atoms with Gasteiger partial charge in [-0.1, -0.05) is 0 Å². The molecule has 1 aromatic rings. The Morgan fingerprint density at radius 3 is 3.05 bits per heavy atom. The first kappa shape index (κ1) is 15.3. The summed E-state index contributed by atoms with van der Waals surface area (Å²) < 4.78 is 13.6. The summed E-state index contributed by atoms with van der Waals surface area (Å²) in [6.07, 6.45) is 2.96. The van der Waals surface area contributed by atoms with E-state index in [9.17, 15) is 9.18 Å². The van der Waals surface area contributed by atoms with Crippen molar-refractivity contribution >= 4 is 17.7 Å². The number of benzene rings is 1. The van der Waals surface area contributed by atoms with Gasteiger partial charge in [0.2, 0.25) is 0 Å². The molecule has 1 N–H and O–H groups in total. The van der Waals surface area contributed by atoms with Crippen LogP contribution in [0.4, 0.5) is 4.39 Å². The number of hydrogen-bond donors (Lipinski definition) is 1. The predicted octanol–water partition coefficient (Wildman–Crippen LogP) is 2.37. The average molecular weight is 296 g/mol. The predicted molar refractivity (Wildman–Crippen MR) is 81.6 cm³/mol. The molecule has 5 heteroatoms. The van der Waals surface area contributed by atoms with Crippen LogP contribution >= 0.6 is 11.8 Å². The van der Waals surface area contributed by atoms with Gasteiger partial charge in [0.1, 0.15) is 5.82 Å². The highest BCUT2D eigenvalue weighted by Crippen LogP contribution is 2.21. The van der Waals surface area contributed by atoms with Crippen molar-refractivity contribution < 1.29 is 9.18 Å². The fraction of sp³-hybridized carbons (Fsp3) is 0.533. The zero-order chi connectivity index (χ0) is 14.5. The number of amides is 1. The molecule has 110 valence electrons. The highest BCUT2D eigenvalue weighted by Gasteiger charge is 2.26. The molecule has 0 unspecified atom stereocenters. The summed E-state index contributed by atoms with van der Waals surface area (Å²) in [7, 11) is 1.93. The third-order valence-electron chi connectivity index (χ3n) is 3.66. The lowest BCUT2D eigenvalue weighted by molar-refractivity contribution is 0.0787. The number of nitrogens with zero attached hydrogens (tertiary/aromatic N) is 1. The minimum atomic E-state index is -0.231. The number of hydrogen-bond acceptors (Lipinski definition) is 3. The van der Waals surface area contributed by atoms with E-state index < -0.39 is 0 Å². The van der Waals surface area contributed by atoms with Gasteiger partial charge in [-0.15, -0.1) is 0 Å². The zero-order valence-electron chi connectivity index (χ0n) is 12.0. The van der Waals surface area contributed by atoms with E-state index in [1.165, 1.54) is 6.07 Å². The van der Waals surface area contributed by atoms with Gasteiger partial charge in [-0.2, -0.15) is 11.8 Å². The number of nitrogens with one attached hydrogen (secondary N) is 1. The summed E-state index contributed by atoms with van der Waals surface area (Å²) in [4.78, 5) is 14.3. The van der Waals surface area contributed by atoms with Crippen molar-refractivity contribution in [2.24, 2.45) is 5.92 Å². The van der Waals surface area contributed by atoms with Gasteiger partial charge in [0.15, 0.2) is 0 Å². The van der Waals surface area contributed by atoms with Crippen LogP contribution in [0.25, 0.3) is 0 Å². The maximum atomic E-state index is 13.6. The van der Waals surface area contributed by atoms with E-state index in [2.05, 4.69) is 5.32 Å². The van der Waals surface area contributed by atoms with Crippen molar-refractivity contribution in [1.82, 2.24) is 10.2 Å². The maximum absolute atomic E-state index is 13.6. The van der Waals surface area contributed by atoms with Crippen LogP contribution in [-0.4, -0.2) is 43.7 Å². The monoisotopic (exact) mass is 296 g/mol. The van der Waals surface area contributed by atoms with E-state index >= 15 is 0 Å². The highest BCUT2D eigenvalue weighted by atomic mass is 32.2. The van der Waals surface area contributed by atoms with Gasteiger partial charge in [0.25, 0.3) is 5.91 Å². The third-order valence-corrected chi connectivity index (χ3v) is 4.26. The van der Waals surface area contributed by atoms with Crippen LogP contribution < -0.4 is 5.32 Å². The average Bonchev–Trinajstić information content (AvgIpc) is 2.90. The van der Waals surface area contributed by atoms with E-state index in [4.69, 9.17) is 0 Å². The zero-order valence-corrected chi connectivity index (χ0v) is 12.8. The summed E-state index contributed by atoms with van der Waals surface area (Å²) in [5.74, 6) is 0.904. The molecule has 0 aliphatic carbocycles. The van der Waals surface area contributed by atoms with E-state index in [0.717, 1.165) is 26.1 Å². The number of halogens is 1. The Balaban J connectivity index is 2.08. The van der Waals surface area contributed by atoms with Crippen molar-refractivity contribution in [2.45, 2.75) is 12.2 Å². The first-order valence-corrected chi connectivity index (χ1v) is 8.26. The van der Waals surface area contributed by atoms with Crippen molar-refractivity contribution in [3.8, 4) is 0 Å². The van der Waals surface area contributed by atoms with Crippen molar-refractivity contribution in [2.75, 3.05) is 32.9 Å². The van der Waals surface area contributed by atoms with Gasteiger partial charge in [-0.05, 0) is 55.9 Å². The van der Waals surface area contributed by atoms with Crippen molar-refractivity contribution in [1.29, 1.82) is 0 Å². The Labute approximate surface area is 123 Å². The number of likely N-dealkylation sites (tertiary alicyclic amines) is 1. The van der Waals surface area contributed by atoms with Gasteiger partial charge in [0, 0.05) is 24.4 Å². The number of thioether (sulfide) groups is 1. The molecule has 0 spiro atoms. The van der Waals surface area contributed by atoms with Crippen LogP contribution in [0.1, 0.15) is 22.3 Å². The van der Waals surface area contributed by atoms with Gasteiger partial charge < -0.3 is 10.2 Å². The van der Waals surface area contributed by atoms with Crippen LogP contribution in [0.2, 0.25) is 0 Å². The summed E-state index contributed by atoms with van der Waals surface area (Å²) in [6.45, 7) is 2.51. The Bertz CT molecular complexity index is 481. The van der Waals surface area contributed by atoms with Gasteiger partial charge in [-0.3, -0.25) is 4.79 Å². The topological polar surface area (TPSA) is 32.3 Å². The second kappa shape index (κ2) is 7.09. The summed E-state index contributed by atoms with van der Waals surface area (Å²) in [5, 5.41) is 3.15. The molecule has 1 fully saturated rings. The molecule has 3 nitrogen and oxygen atoms in total. The highest BCUT2D eigenvalue weighted by molar-refractivity contribution is 7.97. The Hall–Kier alpha value is -1.07. The number of carbonyl (C=O) groups is 1. The molecule has 0 radical (unpaired) electrons. The lowest BCUT2D eigenvalue weighted by Gasteiger charge is -2.17. The number of carbonyl (C=O) groups excluding carboxylic acids is 1. The third kappa shape index (κ3) is 3.52. The van der Waals surface area contributed by atoms with E-state index in [-0.39, 0.29) is 11.7 Å². The van der Waals surface area contributed by atoms with E-state index in [1.807, 2.05) is 18.2 Å². The second-order valence-electron chi connectivity index (χ2n) is 5.20. The fourth-order valence-corrected chi connectivity index (χ4v) is 3.16. The summed E-state index contributed by atoms with van der Waals surface area (Å²) in [6, 6.07) is 4.69. The molecule has 1 amide bonds. The normalized spacial score (nSPS) is 18.6. The Morgan fingerprint density at radius 2 is 2.35 bits per heavy atom. The smallest absolute Gasteiger partial charge is 0.253 e. The quantitative estimate of drug-likeness (QED) is 0.905. The molecular formula is C15H21FN2OS. The SMILES string of the molecule is CNC[C@@H]1CCN(C(=O)c2ccc(F)c(CSC)c2)C1. The standard InChI is InChI=1S/C15H21FN2OS/c1-17-8-11-5-6-18(9-11)15(19)12-3-4-14(16)13(7-12)10-20-2/h3-4,7,11,17H,5-6,8-10H2,1-2H3/t11-/m0/s1. The lowest BCUT2D eigenvalue weighted by Crippen LogP contribution is -2.30. The molecule has 0 bridgehead atoms. The molecule has 1 aromatic carbocycles. The summed E-state index contributed by atoms with van der Waals surface area (Å²) >= 11 is 1.56. The maximum Gasteiger partial charge on any atom is 0.253 e. The molecule has 1 atom stereocenters. The largest absolute Gasteiger partial charge is 0.338 e. The van der Waals surface area contributed by atoms with Gasteiger partial charge in [-0.25, -0.2) is 4.39 Å². The van der Waals surface area contributed by atoms with E-state index in [0.29, 0.717) is 22.8 Å². The van der Waals surface area contributed by atoms with Crippen LogP contribution in [0.15, 0.2) is 18.2 Å². The van der Waals surface area contributed by atoms with Crippen LogP contribution in [0.3, 0.4) is 0 Å². The Kier molecular flexibility index (Phi) is 5.43. The van der Waals surface area contributed by atoms with Gasteiger partial charge >= 0.3 is 0 Å². The molecule has 0 saturated carbocycles. The van der Waals surface area contributed by atoms with E-state index in [1.54, 1.807) is 23.9 Å². The van der Waals surface area contributed by atoms with Crippen LogP contribution in [0, 0.1) is 11.7 Å². The second-order valence-corrected chi connectivity index (χ2v) is 6.07. The minimum Gasteiger partial charge on any atom is -0.338 e. The molecule has 1 heterocycles. The first-order valence-electron chi connectivity index (χ1n) is 6.87. The molecule has 1 aliphatic heterocycles. The molecule has 0 aromatic heterocycles. The first-order chi connectivity index (χ1) is 9.65. The molecule has 1 aliphatic rings. The lowest BCUT2D eigenvalue weighted by atomic mass is 10.1. The molecule has 20 heavy (non-hydrogen) atoms. The van der Waals surface area contributed by atoms with Crippen molar-refractivity contribution in [3.63, 3.8) is 0 Å². The Morgan fingerprint density at radius 1 is 1.55 bits per heavy atom. The fourth-order valence-electron chi connectivity index (χ4n) is 2.63.